The van der Waals surface area contributed by atoms with E-state index in [9.17, 15) is 9.18 Å². The van der Waals surface area contributed by atoms with Crippen LogP contribution in [0.25, 0.3) is 0 Å². The van der Waals surface area contributed by atoms with Gasteiger partial charge in [0.1, 0.15) is 5.82 Å². The van der Waals surface area contributed by atoms with Crippen molar-refractivity contribution < 1.29 is 9.18 Å². The van der Waals surface area contributed by atoms with Crippen LogP contribution in [0.15, 0.2) is 42.5 Å². The molecule has 0 unspecified atom stereocenters. The van der Waals surface area contributed by atoms with Crippen molar-refractivity contribution in [3.8, 4) is 0 Å². The minimum absolute atomic E-state index is 0.0207. The standard InChI is InChI=1S/C18H21ClFN3O/c1-3-23(4-2)15-8-5-13(6-9-15)22-18(24)12-21-14-7-10-17(20)16(19)11-14/h5-11,21H,3-4,12H2,1-2H3,(H,22,24). The minimum atomic E-state index is -0.486. The molecular formula is C18H21ClFN3O. The van der Waals surface area contributed by atoms with Crippen molar-refractivity contribution in [1.29, 1.82) is 0 Å². The van der Waals surface area contributed by atoms with Crippen LogP contribution in [0.2, 0.25) is 5.02 Å². The average Bonchev–Trinajstić information content (AvgIpc) is 2.58. The third kappa shape index (κ3) is 4.86. The van der Waals surface area contributed by atoms with Crippen LogP contribution in [-0.2, 0) is 4.79 Å². The Balaban J connectivity index is 1.88. The number of nitrogens with one attached hydrogen (secondary N) is 2. The lowest BCUT2D eigenvalue weighted by molar-refractivity contribution is -0.114. The number of anilines is 3. The maximum absolute atomic E-state index is 13.1. The molecule has 0 aromatic heterocycles. The number of halogens is 2. The molecule has 2 aromatic rings. The smallest absolute Gasteiger partial charge is 0.243 e. The van der Waals surface area contributed by atoms with Gasteiger partial charge in [-0.05, 0) is 56.3 Å². The number of benzene rings is 2. The molecular weight excluding hydrogens is 329 g/mol. The Labute approximate surface area is 146 Å². The van der Waals surface area contributed by atoms with Gasteiger partial charge in [0, 0.05) is 30.2 Å². The molecule has 24 heavy (non-hydrogen) atoms. The Morgan fingerprint density at radius 3 is 2.29 bits per heavy atom. The van der Waals surface area contributed by atoms with E-state index in [0.717, 1.165) is 24.5 Å². The Bertz CT molecular complexity index is 687. The molecule has 1 amide bonds. The molecule has 2 N–H and O–H groups in total. The van der Waals surface area contributed by atoms with E-state index in [-0.39, 0.29) is 17.5 Å². The molecule has 0 aliphatic carbocycles. The van der Waals surface area contributed by atoms with Gasteiger partial charge < -0.3 is 15.5 Å². The van der Waals surface area contributed by atoms with Crippen molar-refractivity contribution in [2.75, 3.05) is 35.2 Å². The average molecular weight is 350 g/mol. The molecule has 0 saturated heterocycles. The van der Waals surface area contributed by atoms with Crippen molar-refractivity contribution >= 4 is 34.6 Å². The molecule has 0 aliphatic rings. The first-order valence-electron chi connectivity index (χ1n) is 7.87. The minimum Gasteiger partial charge on any atom is -0.376 e. The molecule has 0 fully saturated rings. The lowest BCUT2D eigenvalue weighted by Crippen LogP contribution is -2.23. The molecule has 0 atom stereocenters. The monoisotopic (exact) mass is 349 g/mol. The summed E-state index contributed by atoms with van der Waals surface area (Å²) in [6, 6.07) is 12.0. The SMILES string of the molecule is CCN(CC)c1ccc(NC(=O)CNc2ccc(F)c(Cl)c2)cc1. The second kappa shape index (κ2) is 8.55. The Hall–Kier alpha value is -2.27. The van der Waals surface area contributed by atoms with E-state index in [4.69, 9.17) is 11.6 Å². The molecule has 128 valence electrons. The fourth-order valence-electron chi connectivity index (χ4n) is 2.34. The third-order valence-corrected chi connectivity index (χ3v) is 3.94. The van der Waals surface area contributed by atoms with Gasteiger partial charge in [-0.25, -0.2) is 4.39 Å². The molecule has 2 aromatic carbocycles. The van der Waals surface area contributed by atoms with E-state index in [0.29, 0.717) is 5.69 Å². The summed E-state index contributed by atoms with van der Waals surface area (Å²) < 4.78 is 13.1. The second-order valence-corrected chi connectivity index (χ2v) is 5.66. The van der Waals surface area contributed by atoms with Crippen LogP contribution in [-0.4, -0.2) is 25.5 Å². The van der Waals surface area contributed by atoms with Crippen molar-refractivity contribution in [3.05, 3.63) is 53.3 Å². The summed E-state index contributed by atoms with van der Waals surface area (Å²) in [5.41, 5.74) is 2.44. The van der Waals surface area contributed by atoms with Crippen LogP contribution in [0.4, 0.5) is 21.5 Å². The number of rotatable bonds is 7. The first kappa shape index (κ1) is 18.1. The number of hydrogen-bond acceptors (Lipinski definition) is 3. The van der Waals surface area contributed by atoms with Gasteiger partial charge in [0.05, 0.1) is 11.6 Å². The van der Waals surface area contributed by atoms with Crippen LogP contribution in [0.5, 0.6) is 0 Å². The summed E-state index contributed by atoms with van der Waals surface area (Å²) in [5, 5.41) is 5.74. The highest BCUT2D eigenvalue weighted by Crippen LogP contribution is 2.20. The number of nitrogens with zero attached hydrogens (tertiary/aromatic N) is 1. The topological polar surface area (TPSA) is 44.4 Å². The molecule has 0 aliphatic heterocycles. The lowest BCUT2D eigenvalue weighted by Gasteiger charge is -2.21. The number of carbonyl (C=O) groups excluding carboxylic acids is 1. The largest absolute Gasteiger partial charge is 0.376 e. The zero-order chi connectivity index (χ0) is 17.5. The summed E-state index contributed by atoms with van der Waals surface area (Å²) >= 11 is 5.70. The number of carbonyl (C=O) groups is 1. The van der Waals surface area contributed by atoms with Gasteiger partial charge in [-0.3, -0.25) is 4.79 Å². The fourth-order valence-corrected chi connectivity index (χ4v) is 2.52. The van der Waals surface area contributed by atoms with E-state index in [1.54, 1.807) is 0 Å². The molecule has 0 heterocycles. The predicted octanol–water partition coefficient (Wildman–Crippen LogP) is 4.38. The highest BCUT2D eigenvalue weighted by molar-refractivity contribution is 6.31. The quantitative estimate of drug-likeness (QED) is 0.779. The van der Waals surface area contributed by atoms with Crippen LogP contribution < -0.4 is 15.5 Å². The van der Waals surface area contributed by atoms with Crippen molar-refractivity contribution in [2.45, 2.75) is 13.8 Å². The van der Waals surface area contributed by atoms with E-state index >= 15 is 0 Å². The highest BCUT2D eigenvalue weighted by Gasteiger charge is 2.06. The molecule has 6 heteroatoms. The van der Waals surface area contributed by atoms with Gasteiger partial charge in [0.25, 0.3) is 0 Å². The van der Waals surface area contributed by atoms with Crippen molar-refractivity contribution in [2.24, 2.45) is 0 Å². The van der Waals surface area contributed by atoms with Crippen LogP contribution in [0.1, 0.15) is 13.8 Å². The molecule has 4 nitrogen and oxygen atoms in total. The van der Waals surface area contributed by atoms with Crippen molar-refractivity contribution in [1.82, 2.24) is 0 Å². The predicted molar refractivity (Wildman–Crippen MR) is 98.5 cm³/mol. The maximum atomic E-state index is 13.1. The zero-order valence-corrected chi connectivity index (χ0v) is 14.5. The number of hydrogen-bond donors (Lipinski definition) is 2. The third-order valence-electron chi connectivity index (χ3n) is 3.65. The van der Waals surface area contributed by atoms with Crippen LogP contribution in [0, 0.1) is 5.82 Å². The molecule has 0 bridgehead atoms. The molecule has 0 radical (unpaired) electrons. The first-order chi connectivity index (χ1) is 11.5. The summed E-state index contributed by atoms with van der Waals surface area (Å²) in [7, 11) is 0. The molecule has 0 spiro atoms. The molecule has 0 saturated carbocycles. The summed E-state index contributed by atoms with van der Waals surface area (Å²) in [5.74, 6) is -0.675. The highest BCUT2D eigenvalue weighted by atomic mass is 35.5. The lowest BCUT2D eigenvalue weighted by atomic mass is 10.2. The van der Waals surface area contributed by atoms with E-state index < -0.39 is 5.82 Å². The Morgan fingerprint density at radius 1 is 1.08 bits per heavy atom. The van der Waals surface area contributed by atoms with Gasteiger partial charge in [0.2, 0.25) is 5.91 Å². The first-order valence-corrected chi connectivity index (χ1v) is 8.25. The zero-order valence-electron chi connectivity index (χ0n) is 13.8. The van der Waals surface area contributed by atoms with Gasteiger partial charge >= 0.3 is 0 Å². The van der Waals surface area contributed by atoms with E-state index in [1.807, 2.05) is 24.3 Å². The normalized spacial score (nSPS) is 10.3. The summed E-state index contributed by atoms with van der Waals surface area (Å²) in [4.78, 5) is 14.2. The molecule has 2 rings (SSSR count). The van der Waals surface area contributed by atoms with Gasteiger partial charge in [0.15, 0.2) is 0 Å². The second-order valence-electron chi connectivity index (χ2n) is 5.25. The summed E-state index contributed by atoms with van der Waals surface area (Å²) in [6.07, 6.45) is 0. The van der Waals surface area contributed by atoms with E-state index in [2.05, 4.69) is 29.4 Å². The summed E-state index contributed by atoms with van der Waals surface area (Å²) in [6.45, 7) is 6.15. The van der Waals surface area contributed by atoms with E-state index in [1.165, 1.54) is 18.2 Å². The van der Waals surface area contributed by atoms with Gasteiger partial charge in [-0.1, -0.05) is 11.6 Å². The maximum Gasteiger partial charge on any atom is 0.243 e. The fraction of sp³-hybridized carbons (Fsp3) is 0.278. The van der Waals surface area contributed by atoms with Gasteiger partial charge in [-0.2, -0.15) is 0 Å². The number of amides is 1. The Kier molecular flexibility index (Phi) is 6.44. The Morgan fingerprint density at radius 2 is 1.71 bits per heavy atom. The van der Waals surface area contributed by atoms with Gasteiger partial charge in [-0.15, -0.1) is 0 Å². The van der Waals surface area contributed by atoms with Crippen LogP contribution >= 0.6 is 11.6 Å². The van der Waals surface area contributed by atoms with Crippen molar-refractivity contribution in [3.63, 3.8) is 0 Å². The van der Waals surface area contributed by atoms with Crippen LogP contribution in [0.3, 0.4) is 0 Å².